The van der Waals surface area contributed by atoms with Crippen LogP contribution in [-0.4, -0.2) is 126 Å². The molecular formula is C118H112Cl4N14O14. The Kier molecular flexibility index (Phi) is 35.2. The Morgan fingerprint density at radius 1 is 0.380 bits per heavy atom. The third-order valence-corrected chi connectivity index (χ3v) is 27.6. The molecule has 12 aromatic carbocycles. The Bertz CT molecular complexity index is 7250. The Labute approximate surface area is 890 Å². The summed E-state index contributed by atoms with van der Waals surface area (Å²) in [6, 6.07) is 95.1. The molecule has 28 nitrogen and oxygen atoms in total. The molecule has 19 rings (SSSR count). The van der Waals surface area contributed by atoms with Crippen molar-refractivity contribution in [2.45, 2.75) is 168 Å². The molecule has 766 valence electrons. The predicted octanol–water partition coefficient (Wildman–Crippen LogP) is 24.8. The van der Waals surface area contributed by atoms with E-state index >= 15 is 0 Å². The van der Waals surface area contributed by atoms with E-state index in [2.05, 4.69) is 30.8 Å². The van der Waals surface area contributed by atoms with E-state index < -0.39 is 5.97 Å². The summed E-state index contributed by atoms with van der Waals surface area (Å²) >= 11 is 24.4. The first-order chi connectivity index (χ1) is 72.5. The Morgan fingerprint density at radius 2 is 0.740 bits per heavy atom. The summed E-state index contributed by atoms with van der Waals surface area (Å²) in [6.45, 7) is 15.4. The quantitative estimate of drug-likeness (QED) is 0.0452. The molecule has 8 amide bonds. The van der Waals surface area contributed by atoms with E-state index in [0.29, 0.717) is 124 Å². The summed E-state index contributed by atoms with van der Waals surface area (Å²) in [5.74, 6) is 0.932. The number of carboxylic acid groups (broad SMARTS) is 1. The van der Waals surface area contributed by atoms with E-state index in [1.165, 1.54) is 0 Å². The smallest absolute Gasteiger partial charge is 0.303 e. The second-order valence-corrected chi connectivity index (χ2v) is 38.7. The number of halogens is 4. The third-order valence-electron chi connectivity index (χ3n) is 26.6. The van der Waals surface area contributed by atoms with Crippen LogP contribution in [0.15, 0.2) is 332 Å². The Balaban J connectivity index is 0.000000142. The summed E-state index contributed by atoms with van der Waals surface area (Å²) < 4.78 is 22.8. The van der Waals surface area contributed by atoms with Crippen molar-refractivity contribution in [3.63, 3.8) is 0 Å². The molecule has 0 unspecified atom stereocenters. The van der Waals surface area contributed by atoms with E-state index in [-0.39, 0.29) is 114 Å². The summed E-state index contributed by atoms with van der Waals surface area (Å²) in [5.41, 5.74) is 14.2. The number of H-pyrrole nitrogens is 1. The van der Waals surface area contributed by atoms with Gasteiger partial charge in [-0.1, -0.05) is 166 Å². The molecule has 0 radical (unpaired) electrons. The lowest BCUT2D eigenvalue weighted by Gasteiger charge is -2.43. The minimum Gasteiger partial charge on any atom is -0.494 e. The molecule has 7 heterocycles. The zero-order chi connectivity index (χ0) is 106. The molecule has 0 saturated heterocycles. The van der Waals surface area contributed by atoms with Crippen molar-refractivity contribution in [1.82, 2.24) is 30.8 Å². The van der Waals surface area contributed by atoms with Gasteiger partial charge >= 0.3 is 5.97 Å². The van der Waals surface area contributed by atoms with Gasteiger partial charge in [-0.15, -0.1) is 10.2 Å². The van der Waals surface area contributed by atoms with E-state index in [1.807, 2.05) is 250 Å². The third kappa shape index (κ3) is 25.6. The summed E-state index contributed by atoms with van der Waals surface area (Å²) in [6.07, 6.45) is 8.16. The number of pyridine rings is 1. The predicted molar refractivity (Wildman–Crippen MR) is 583 cm³/mol. The minimum atomic E-state index is -0.872. The molecule has 8 atom stereocenters. The topological polar surface area (TPSA) is 321 Å². The standard InChI is InChI=1S/C31H28ClN3O3.C29H29ClN6O3.C29H26ClN3O3.C29H29ClN2O5/c1-21-19-30(35(22(2)36)26-11-9-25(32)10-12-26)28-5-3-4-6-29(28)34(21)31(37)24-7-13-27(14-8-24)38-20-23-15-17-33-18-16-23;1-19-18-27(36(20(2)37)23-13-11-22(30)12-14-23)25-6-3-4-7-26(25)35(19)29(38)21-9-15-24(16-10-21)39-17-5-8-28-31-33-34-32-28;1-19-16-27(33(20(2)34)24-14-12-22(30)13-15-24)25-10-6-7-11-26(25)32(19)29(35)28-18-23(31-36-28)17-21-8-4-3-5-9-21;1-19-17-27(32(20(2)33)23-14-12-22(30)13-15-23)25-9-3-4-10-26(25)31(19)29(36)21-7-5-8-24(18-21)37-16-6-11-28(34)35/h3-18,21,30H,19-20H2,1-2H3;3-4,6-7,9-16,19,27H,5,8,17-18H2,1-2H3,(H,31,32,33,34);3-15,18-19,27H,16-17H2,1-2H3;3-5,7-10,12-15,18-19,27H,6,11,16-17H2,1-2H3,(H,34,35)/t21-,30+;3*19-,27+/m0000/s1. The lowest BCUT2D eigenvalue weighted by molar-refractivity contribution is -0.137. The number of aryl methyl sites for hydroxylation is 1. The molecule has 0 bridgehead atoms. The number of tetrazole rings is 1. The van der Waals surface area contributed by atoms with Crippen molar-refractivity contribution in [3.05, 3.63) is 415 Å². The van der Waals surface area contributed by atoms with Gasteiger partial charge in [0.05, 0.1) is 43.1 Å². The number of benzene rings is 12. The highest BCUT2D eigenvalue weighted by Crippen LogP contribution is 2.49. The van der Waals surface area contributed by atoms with Crippen molar-refractivity contribution in [1.29, 1.82) is 0 Å². The number of fused-ring (bicyclic) bond motifs is 4. The number of rotatable bonds is 27. The number of aromatic amines is 1. The summed E-state index contributed by atoms with van der Waals surface area (Å²) in [4.78, 5) is 135. The lowest BCUT2D eigenvalue weighted by atomic mass is 9.89. The van der Waals surface area contributed by atoms with Crippen molar-refractivity contribution in [2.75, 3.05) is 52.4 Å². The van der Waals surface area contributed by atoms with Crippen molar-refractivity contribution in [3.8, 4) is 17.2 Å². The van der Waals surface area contributed by atoms with E-state index in [0.717, 1.165) is 85.3 Å². The maximum atomic E-state index is 13.8. The number of anilines is 8. The second kappa shape index (κ2) is 49.6. The lowest BCUT2D eigenvalue weighted by Crippen LogP contribution is -2.47. The largest absolute Gasteiger partial charge is 0.494 e. The van der Waals surface area contributed by atoms with Gasteiger partial charge in [-0.2, -0.15) is 5.21 Å². The van der Waals surface area contributed by atoms with Crippen LogP contribution >= 0.6 is 46.4 Å². The number of aromatic nitrogens is 6. The zero-order valence-corrected chi connectivity index (χ0v) is 86.9. The first-order valence-corrected chi connectivity index (χ1v) is 51.0. The normalized spacial score (nSPS) is 16.6. The average Bonchev–Trinajstić information content (AvgIpc) is 0.843. The number of hydrogen-bond donors (Lipinski definition) is 2. The average molecular weight is 2090 g/mol. The van der Waals surface area contributed by atoms with Gasteiger partial charge < -0.3 is 63.0 Å². The van der Waals surface area contributed by atoms with Crippen molar-refractivity contribution >= 4 is 145 Å². The number of nitrogens with one attached hydrogen (secondary N) is 1. The summed E-state index contributed by atoms with van der Waals surface area (Å²) in [5, 5.41) is 29.2. The van der Waals surface area contributed by atoms with Gasteiger partial charge in [-0.25, -0.2) is 0 Å². The van der Waals surface area contributed by atoms with Crippen LogP contribution in [0.2, 0.25) is 20.1 Å². The molecule has 4 aliphatic rings. The van der Waals surface area contributed by atoms with Crippen LogP contribution in [-0.2, 0) is 43.4 Å². The maximum Gasteiger partial charge on any atom is 0.303 e. The highest BCUT2D eigenvalue weighted by molar-refractivity contribution is 6.32. The first kappa shape index (κ1) is 107. The number of aliphatic carboxylic acids is 1. The molecule has 3 aromatic heterocycles. The Hall–Kier alpha value is -16.1. The van der Waals surface area contributed by atoms with Crippen molar-refractivity contribution < 1.29 is 67.0 Å². The second-order valence-electron chi connectivity index (χ2n) is 37.0. The van der Waals surface area contributed by atoms with Crippen LogP contribution in [0.4, 0.5) is 45.5 Å². The number of para-hydroxylation sites is 4. The van der Waals surface area contributed by atoms with Gasteiger partial charge in [-0.3, -0.25) is 48.1 Å². The van der Waals surface area contributed by atoms with Gasteiger partial charge in [0.1, 0.15) is 23.9 Å². The molecule has 0 fully saturated rings. The highest BCUT2D eigenvalue weighted by atomic mass is 35.5. The van der Waals surface area contributed by atoms with E-state index in [4.69, 9.17) is 70.2 Å². The number of amides is 8. The maximum absolute atomic E-state index is 13.8. The van der Waals surface area contributed by atoms with E-state index in [1.54, 1.807) is 173 Å². The number of nitrogens with zero attached hydrogens (tertiary/aromatic N) is 13. The fourth-order valence-electron chi connectivity index (χ4n) is 19.8. The van der Waals surface area contributed by atoms with Crippen LogP contribution in [0.3, 0.4) is 0 Å². The van der Waals surface area contributed by atoms with Gasteiger partial charge in [0.2, 0.25) is 29.4 Å². The molecule has 4 aliphatic heterocycles. The number of carbonyl (C=O) groups is 9. The monoisotopic (exact) mass is 2090 g/mol. The molecule has 2 N–H and O–H groups in total. The highest BCUT2D eigenvalue weighted by Gasteiger charge is 2.44. The fourth-order valence-corrected chi connectivity index (χ4v) is 20.3. The zero-order valence-electron chi connectivity index (χ0n) is 83.9. The number of ether oxygens (including phenoxy) is 3. The van der Waals surface area contributed by atoms with Crippen molar-refractivity contribution in [2.24, 2.45) is 0 Å². The summed E-state index contributed by atoms with van der Waals surface area (Å²) in [7, 11) is 0. The van der Waals surface area contributed by atoms with Gasteiger partial charge in [0.15, 0.2) is 5.82 Å². The molecular weight excluding hydrogens is 1980 g/mol. The molecule has 0 saturated carbocycles. The number of carbonyl (C=O) groups excluding carboxylic acids is 8. The van der Waals surface area contributed by atoms with Crippen LogP contribution in [0, 0.1) is 0 Å². The SMILES string of the molecule is CC(=O)N(c1ccc(Cl)cc1)[C@@H]1C[C@H](C)N(C(=O)c2cc(Cc3ccccc3)no2)c2ccccc21.CC(=O)N(c1ccc(Cl)cc1)[C@@H]1C[C@H](C)N(C(=O)c2ccc(OCCCc3nn[nH]n3)cc2)c2ccccc21.CC(=O)N(c1ccc(Cl)cc1)[C@@H]1C[C@H](C)N(C(=O)c2ccc(OCc3ccncc3)cc2)c2ccccc21.CC(=O)N(c1ccc(Cl)cc1)[C@@H]1C[C@H](C)N(C(=O)c2cccc(OCCCC(=O)O)c2)c2ccccc21. The fraction of sp³-hybridized carbons (Fsp3) is 0.237. The molecule has 150 heavy (non-hydrogen) atoms. The molecule has 0 spiro atoms. The molecule has 15 aromatic rings. The van der Waals surface area contributed by atoms with Crippen LogP contribution in [0.5, 0.6) is 17.2 Å². The van der Waals surface area contributed by atoms with Crippen LogP contribution in [0.1, 0.15) is 211 Å². The van der Waals surface area contributed by atoms with E-state index in [9.17, 15) is 43.2 Å². The van der Waals surface area contributed by atoms with Gasteiger partial charge in [-0.05, 0) is 300 Å². The van der Waals surface area contributed by atoms with Gasteiger partial charge in [0, 0.05) is 172 Å². The molecule has 32 heteroatoms. The number of carboxylic acids is 1. The van der Waals surface area contributed by atoms with Gasteiger partial charge in [0.25, 0.3) is 23.6 Å². The van der Waals surface area contributed by atoms with Crippen LogP contribution in [0.25, 0.3) is 0 Å². The first-order valence-electron chi connectivity index (χ1n) is 49.4. The minimum absolute atomic E-state index is 0.0230. The molecule has 0 aliphatic carbocycles. The number of hydrogen-bond acceptors (Lipinski definition) is 18. The van der Waals surface area contributed by atoms with Crippen LogP contribution < -0.4 is 53.4 Å². The Morgan fingerprint density at radius 3 is 1.12 bits per heavy atom.